The van der Waals surface area contributed by atoms with Crippen LogP contribution in [0.4, 0.5) is 5.82 Å². The van der Waals surface area contributed by atoms with Crippen molar-refractivity contribution in [1.82, 2.24) is 10.3 Å². The third kappa shape index (κ3) is 3.91. The first-order valence-electron chi connectivity index (χ1n) is 9.27. The zero-order valence-electron chi connectivity index (χ0n) is 15.3. The Morgan fingerprint density at radius 2 is 1.85 bits per heavy atom. The van der Waals surface area contributed by atoms with Crippen LogP contribution in [-0.4, -0.2) is 30.0 Å². The number of pyridine rings is 1. The summed E-state index contributed by atoms with van der Waals surface area (Å²) in [7, 11) is 0. The van der Waals surface area contributed by atoms with Crippen molar-refractivity contribution in [2.24, 2.45) is 0 Å². The minimum atomic E-state index is 0.00591. The Hall–Kier alpha value is -2.59. The number of aromatic nitrogens is 1. The number of nitrogens with zero attached hydrogens (tertiary/aromatic N) is 2. The second-order valence-electron chi connectivity index (χ2n) is 7.10. The van der Waals surface area contributed by atoms with Gasteiger partial charge in [-0.1, -0.05) is 29.3 Å². The number of hydrogen-bond acceptors (Lipinski definition) is 3. The summed E-state index contributed by atoms with van der Waals surface area (Å²) < 4.78 is 0. The lowest BCUT2D eigenvalue weighted by molar-refractivity contribution is 0.0931. The first-order valence-corrected chi connectivity index (χ1v) is 9.65. The SMILES string of the molecule is Cc1ccc(C(=O)NC2CCN(c3nccc4cc(Cl)ccc34)CC2)cc1. The number of hydrogen-bond donors (Lipinski definition) is 1. The monoisotopic (exact) mass is 379 g/mol. The van der Waals surface area contributed by atoms with E-state index in [-0.39, 0.29) is 11.9 Å². The maximum absolute atomic E-state index is 12.4. The Kier molecular flexibility index (Phi) is 4.99. The molecule has 0 atom stereocenters. The number of rotatable bonds is 3. The summed E-state index contributed by atoms with van der Waals surface area (Å²) in [5.41, 5.74) is 1.87. The Bertz CT molecular complexity index is 963. The quantitative estimate of drug-likeness (QED) is 0.723. The number of amides is 1. The maximum atomic E-state index is 12.4. The molecule has 27 heavy (non-hydrogen) atoms. The largest absolute Gasteiger partial charge is 0.356 e. The molecule has 1 amide bonds. The molecule has 1 fully saturated rings. The lowest BCUT2D eigenvalue weighted by Gasteiger charge is -2.33. The number of halogens is 1. The van der Waals surface area contributed by atoms with E-state index in [2.05, 4.69) is 15.2 Å². The van der Waals surface area contributed by atoms with E-state index in [1.54, 1.807) is 0 Å². The molecule has 0 saturated carbocycles. The van der Waals surface area contributed by atoms with Crippen LogP contribution in [0.5, 0.6) is 0 Å². The third-order valence-electron chi connectivity index (χ3n) is 5.15. The van der Waals surface area contributed by atoms with E-state index in [0.29, 0.717) is 0 Å². The lowest BCUT2D eigenvalue weighted by Crippen LogP contribution is -2.45. The highest BCUT2D eigenvalue weighted by atomic mass is 35.5. The number of carbonyl (C=O) groups is 1. The van der Waals surface area contributed by atoms with Crippen molar-refractivity contribution in [2.75, 3.05) is 18.0 Å². The van der Waals surface area contributed by atoms with Crippen molar-refractivity contribution in [3.8, 4) is 0 Å². The summed E-state index contributed by atoms with van der Waals surface area (Å²) in [5, 5.41) is 6.12. The van der Waals surface area contributed by atoms with Gasteiger partial charge in [0.25, 0.3) is 5.91 Å². The molecular weight excluding hydrogens is 358 g/mol. The number of anilines is 1. The Balaban J connectivity index is 1.42. The maximum Gasteiger partial charge on any atom is 0.251 e. The molecule has 0 spiro atoms. The molecule has 2 heterocycles. The normalized spacial score (nSPS) is 15.1. The van der Waals surface area contributed by atoms with E-state index in [1.165, 1.54) is 0 Å². The summed E-state index contributed by atoms with van der Waals surface area (Å²) in [6, 6.07) is 15.8. The zero-order chi connectivity index (χ0) is 18.8. The van der Waals surface area contributed by atoms with E-state index < -0.39 is 0 Å². The second-order valence-corrected chi connectivity index (χ2v) is 7.54. The summed E-state index contributed by atoms with van der Waals surface area (Å²) in [5.74, 6) is 0.999. The number of benzene rings is 2. The number of piperidine rings is 1. The van der Waals surface area contributed by atoms with Crippen molar-refractivity contribution in [2.45, 2.75) is 25.8 Å². The van der Waals surface area contributed by atoms with Gasteiger partial charge in [0.15, 0.2) is 0 Å². The molecule has 2 aromatic carbocycles. The molecule has 5 heteroatoms. The average Bonchev–Trinajstić information content (AvgIpc) is 2.68. The van der Waals surface area contributed by atoms with Crippen LogP contribution in [0.2, 0.25) is 5.02 Å². The molecule has 1 aliphatic heterocycles. The second kappa shape index (κ2) is 7.57. The third-order valence-corrected chi connectivity index (χ3v) is 5.38. The topological polar surface area (TPSA) is 45.2 Å². The Labute approximate surface area is 164 Å². The minimum Gasteiger partial charge on any atom is -0.356 e. The van der Waals surface area contributed by atoms with Gasteiger partial charge in [0.2, 0.25) is 0 Å². The fourth-order valence-electron chi connectivity index (χ4n) is 3.59. The predicted octanol–water partition coefficient (Wildman–Crippen LogP) is 4.60. The van der Waals surface area contributed by atoms with Crippen LogP contribution in [0.1, 0.15) is 28.8 Å². The Morgan fingerprint density at radius 3 is 2.59 bits per heavy atom. The number of fused-ring (bicyclic) bond motifs is 1. The molecule has 1 saturated heterocycles. The number of carbonyl (C=O) groups excluding carboxylic acids is 1. The van der Waals surface area contributed by atoms with Crippen LogP contribution < -0.4 is 10.2 Å². The molecule has 0 unspecified atom stereocenters. The molecule has 0 aliphatic carbocycles. The average molecular weight is 380 g/mol. The van der Waals surface area contributed by atoms with Crippen LogP contribution in [-0.2, 0) is 0 Å². The molecule has 4 rings (SSSR count). The van der Waals surface area contributed by atoms with Gasteiger partial charge in [-0.2, -0.15) is 0 Å². The summed E-state index contributed by atoms with van der Waals surface area (Å²) >= 11 is 6.11. The van der Waals surface area contributed by atoms with Crippen LogP contribution in [0.25, 0.3) is 10.8 Å². The van der Waals surface area contributed by atoms with Gasteiger partial charge in [-0.3, -0.25) is 4.79 Å². The van der Waals surface area contributed by atoms with Gasteiger partial charge in [0.1, 0.15) is 5.82 Å². The van der Waals surface area contributed by atoms with E-state index in [1.807, 2.05) is 61.7 Å². The highest BCUT2D eigenvalue weighted by Gasteiger charge is 2.23. The fourth-order valence-corrected chi connectivity index (χ4v) is 3.77. The van der Waals surface area contributed by atoms with E-state index >= 15 is 0 Å². The molecule has 3 aromatic rings. The highest BCUT2D eigenvalue weighted by molar-refractivity contribution is 6.31. The van der Waals surface area contributed by atoms with Gasteiger partial charge < -0.3 is 10.2 Å². The van der Waals surface area contributed by atoms with Gasteiger partial charge in [-0.15, -0.1) is 0 Å². The van der Waals surface area contributed by atoms with Crippen molar-refractivity contribution in [3.63, 3.8) is 0 Å². The van der Waals surface area contributed by atoms with Gasteiger partial charge in [-0.25, -0.2) is 4.98 Å². The summed E-state index contributed by atoms with van der Waals surface area (Å²) in [6.07, 6.45) is 3.64. The molecule has 1 aliphatic rings. The van der Waals surface area contributed by atoms with Crippen molar-refractivity contribution < 1.29 is 4.79 Å². The van der Waals surface area contributed by atoms with Crippen LogP contribution >= 0.6 is 11.6 Å². The van der Waals surface area contributed by atoms with E-state index in [4.69, 9.17) is 11.6 Å². The van der Waals surface area contributed by atoms with Crippen LogP contribution in [0.3, 0.4) is 0 Å². The predicted molar refractivity (Wildman–Crippen MR) is 111 cm³/mol. The minimum absolute atomic E-state index is 0.00591. The van der Waals surface area contributed by atoms with Gasteiger partial charge in [0, 0.05) is 41.3 Å². The smallest absolute Gasteiger partial charge is 0.251 e. The van der Waals surface area contributed by atoms with Crippen molar-refractivity contribution in [3.05, 3.63) is 70.9 Å². The van der Waals surface area contributed by atoms with Gasteiger partial charge >= 0.3 is 0 Å². The molecule has 138 valence electrons. The standard InChI is InChI=1S/C22H22ClN3O/c1-15-2-4-16(5-3-15)22(27)25-19-9-12-26(13-10-19)21-20-7-6-18(23)14-17(20)8-11-24-21/h2-8,11,14,19H,9-10,12-13H2,1H3,(H,25,27). The molecule has 4 nitrogen and oxygen atoms in total. The van der Waals surface area contributed by atoms with Gasteiger partial charge in [-0.05, 0) is 61.5 Å². The Morgan fingerprint density at radius 1 is 1.11 bits per heavy atom. The first-order chi connectivity index (χ1) is 13.1. The van der Waals surface area contributed by atoms with Crippen LogP contribution in [0.15, 0.2) is 54.7 Å². The number of nitrogens with one attached hydrogen (secondary N) is 1. The zero-order valence-corrected chi connectivity index (χ0v) is 16.0. The van der Waals surface area contributed by atoms with E-state index in [0.717, 1.165) is 58.7 Å². The summed E-state index contributed by atoms with van der Waals surface area (Å²) in [4.78, 5) is 19.3. The molecular formula is C22H22ClN3O. The first kappa shape index (κ1) is 17.8. The van der Waals surface area contributed by atoms with E-state index in [9.17, 15) is 4.79 Å². The highest BCUT2D eigenvalue weighted by Crippen LogP contribution is 2.28. The molecule has 0 radical (unpaired) electrons. The molecule has 0 bridgehead atoms. The number of aryl methyl sites for hydroxylation is 1. The van der Waals surface area contributed by atoms with Crippen molar-refractivity contribution >= 4 is 34.1 Å². The molecule has 1 N–H and O–H groups in total. The molecule has 1 aromatic heterocycles. The van der Waals surface area contributed by atoms with Gasteiger partial charge in [0.05, 0.1) is 0 Å². The van der Waals surface area contributed by atoms with Crippen LogP contribution in [0, 0.1) is 6.92 Å². The van der Waals surface area contributed by atoms with Crippen molar-refractivity contribution in [1.29, 1.82) is 0 Å². The fraction of sp³-hybridized carbons (Fsp3) is 0.273. The summed E-state index contributed by atoms with van der Waals surface area (Å²) in [6.45, 7) is 3.76. The lowest BCUT2D eigenvalue weighted by atomic mass is 10.0.